The number of nitrogens with two attached hydrogens (primary N) is 1. The third-order valence-electron chi connectivity index (χ3n) is 11.3. The number of nitrogens with one attached hydrogen (secondary N) is 4. The van der Waals surface area contributed by atoms with Crippen molar-refractivity contribution in [2.24, 2.45) is 17.6 Å². The number of carbonyl (C=O) groups excluding carboxylic acids is 3. The second-order valence-corrected chi connectivity index (χ2v) is 15.4. The molecule has 0 saturated heterocycles. The molecule has 1 heterocycles. The van der Waals surface area contributed by atoms with Gasteiger partial charge in [0.15, 0.2) is 5.82 Å². The molecular weight excluding hydrogens is 794 g/mol. The molecule has 1 aromatic heterocycles. The van der Waals surface area contributed by atoms with Gasteiger partial charge in [0.1, 0.15) is 12.6 Å². The van der Waals surface area contributed by atoms with Crippen LogP contribution < -0.4 is 21.7 Å². The van der Waals surface area contributed by atoms with E-state index in [0.29, 0.717) is 49.4 Å². The Hall–Kier alpha value is -4.90. The zero-order chi connectivity index (χ0) is 41.6. The highest BCUT2D eigenvalue weighted by atomic mass is 35.5. The van der Waals surface area contributed by atoms with E-state index in [-0.39, 0.29) is 60.1 Å². The van der Waals surface area contributed by atoms with Crippen LogP contribution in [0.3, 0.4) is 0 Å². The maximum atomic E-state index is 14.2. The van der Waals surface area contributed by atoms with Gasteiger partial charge in [-0.3, -0.25) is 19.5 Å². The summed E-state index contributed by atoms with van der Waals surface area (Å²) in [7, 11) is 0. The number of nitrogens with zero attached hydrogens (tertiary/aromatic N) is 2. The highest BCUT2D eigenvalue weighted by molar-refractivity contribution is 5.98. The van der Waals surface area contributed by atoms with Gasteiger partial charge >= 0.3 is 11.8 Å². The van der Waals surface area contributed by atoms with Crippen LogP contribution in [0.2, 0.25) is 0 Å². The van der Waals surface area contributed by atoms with Crippen molar-refractivity contribution in [2.75, 3.05) is 18.5 Å². The number of H-pyrrole nitrogens is 1. The Kier molecular flexibility index (Phi) is 14.9. The molecule has 8 N–H and O–H groups in total. The zero-order valence-electron chi connectivity index (χ0n) is 32.5. The molecule has 4 aromatic rings. The second kappa shape index (κ2) is 19.4. The van der Waals surface area contributed by atoms with Gasteiger partial charge in [0.2, 0.25) is 17.6 Å². The summed E-state index contributed by atoms with van der Waals surface area (Å²) in [4.78, 5) is 43.8. The number of aliphatic hydroxyl groups excluding tert-OH is 2. The SMILES string of the molecule is Cc1cc(C(=O)N[C@H]2CC[C@H](O)CC2)ccc1-c1ccc(C[C@H](NC(=O)[C@H]2CC[C@H](CN)CC2)C(=O)Nc2ccc(-c3nc(C(F)(F)C(F)(F)CO)n[nH]3)cc2)cc1.Cl. The van der Waals surface area contributed by atoms with Gasteiger partial charge in [-0.15, -0.1) is 12.4 Å². The van der Waals surface area contributed by atoms with Crippen LogP contribution in [0.5, 0.6) is 0 Å². The number of hydrogen-bond acceptors (Lipinski definition) is 8. The van der Waals surface area contributed by atoms with Crippen molar-refractivity contribution in [2.45, 2.75) is 94.7 Å². The predicted molar refractivity (Wildman–Crippen MR) is 216 cm³/mol. The number of carbonyl (C=O) groups is 3. The molecule has 1 atom stereocenters. The van der Waals surface area contributed by atoms with E-state index in [9.17, 15) is 37.1 Å². The fourth-order valence-electron chi connectivity index (χ4n) is 7.57. The first kappa shape index (κ1) is 45.2. The van der Waals surface area contributed by atoms with Crippen LogP contribution >= 0.6 is 12.4 Å². The summed E-state index contributed by atoms with van der Waals surface area (Å²) in [6.07, 6.45) is 5.66. The summed E-state index contributed by atoms with van der Waals surface area (Å²) in [5, 5.41) is 32.8. The van der Waals surface area contributed by atoms with Gasteiger partial charge in [0, 0.05) is 35.2 Å². The summed E-state index contributed by atoms with van der Waals surface area (Å²) in [5.74, 6) is -12.1. The second-order valence-electron chi connectivity index (χ2n) is 15.4. The van der Waals surface area contributed by atoms with Crippen LogP contribution in [0.4, 0.5) is 23.2 Å². The lowest BCUT2D eigenvalue weighted by Crippen LogP contribution is -2.48. The number of aromatic nitrogens is 3. The first-order valence-electron chi connectivity index (χ1n) is 19.6. The fraction of sp³-hybridized carbons (Fsp3) is 0.452. The molecule has 3 amide bonds. The molecule has 0 spiro atoms. The highest BCUT2D eigenvalue weighted by Crippen LogP contribution is 2.41. The van der Waals surface area contributed by atoms with Gasteiger partial charge in [-0.25, -0.2) is 4.98 Å². The van der Waals surface area contributed by atoms with Gasteiger partial charge in [0.05, 0.1) is 6.10 Å². The summed E-state index contributed by atoms with van der Waals surface area (Å²) in [5.41, 5.74) is 10.4. The molecule has 2 aliphatic carbocycles. The quantitative estimate of drug-likeness (QED) is 0.0745. The molecule has 2 fully saturated rings. The largest absolute Gasteiger partial charge is 0.393 e. The molecule has 2 saturated carbocycles. The minimum absolute atomic E-state index is 0. The van der Waals surface area contributed by atoms with E-state index in [0.717, 1.165) is 47.9 Å². The number of aryl methyl sites for hydroxylation is 1. The number of anilines is 1. The molecule has 318 valence electrons. The lowest BCUT2D eigenvalue weighted by Gasteiger charge is -2.28. The molecule has 6 rings (SSSR count). The molecular formula is C42H50ClF4N7O5. The third-order valence-corrected chi connectivity index (χ3v) is 11.3. The molecule has 12 nitrogen and oxygen atoms in total. The third kappa shape index (κ3) is 10.8. The molecule has 0 bridgehead atoms. The van der Waals surface area contributed by atoms with Crippen LogP contribution in [0.15, 0.2) is 66.7 Å². The number of rotatable bonds is 14. The van der Waals surface area contributed by atoms with E-state index in [1.54, 1.807) is 6.07 Å². The van der Waals surface area contributed by atoms with Crippen LogP contribution in [-0.4, -0.2) is 80.4 Å². The topological polar surface area (TPSA) is 195 Å². The molecule has 0 aliphatic heterocycles. The van der Waals surface area contributed by atoms with Crippen molar-refractivity contribution in [1.82, 2.24) is 25.8 Å². The summed E-state index contributed by atoms with van der Waals surface area (Å²) < 4.78 is 55.7. The minimum Gasteiger partial charge on any atom is -0.393 e. The maximum absolute atomic E-state index is 14.2. The van der Waals surface area contributed by atoms with Gasteiger partial charge < -0.3 is 31.9 Å². The van der Waals surface area contributed by atoms with Crippen LogP contribution in [0.25, 0.3) is 22.5 Å². The van der Waals surface area contributed by atoms with Crippen LogP contribution in [0, 0.1) is 18.8 Å². The Labute approximate surface area is 345 Å². The lowest BCUT2D eigenvalue weighted by atomic mass is 9.81. The molecule has 0 radical (unpaired) electrons. The Morgan fingerprint density at radius 1 is 0.898 bits per heavy atom. The van der Waals surface area contributed by atoms with Crippen molar-refractivity contribution in [3.63, 3.8) is 0 Å². The monoisotopic (exact) mass is 843 g/mol. The molecule has 17 heteroatoms. The van der Waals surface area contributed by atoms with Gasteiger partial charge in [0.25, 0.3) is 5.91 Å². The van der Waals surface area contributed by atoms with Gasteiger partial charge in [-0.05, 0) is 129 Å². The number of hydrogen-bond donors (Lipinski definition) is 7. The van der Waals surface area contributed by atoms with Crippen molar-refractivity contribution in [1.29, 1.82) is 0 Å². The maximum Gasteiger partial charge on any atom is 0.372 e. The first-order chi connectivity index (χ1) is 27.7. The minimum atomic E-state index is -4.82. The lowest BCUT2D eigenvalue weighted by molar-refractivity contribution is -0.236. The van der Waals surface area contributed by atoms with E-state index < -0.39 is 36.2 Å². The molecule has 59 heavy (non-hydrogen) atoms. The van der Waals surface area contributed by atoms with Crippen LogP contribution in [-0.2, 0) is 21.9 Å². The summed E-state index contributed by atoms with van der Waals surface area (Å²) >= 11 is 0. The molecule has 0 unspecified atom stereocenters. The van der Waals surface area contributed by atoms with E-state index >= 15 is 0 Å². The average molecular weight is 844 g/mol. The standard InChI is InChI=1S/C42H49F4N7O5.ClH/c1-24-20-30(38(57)48-32-15-17-33(55)18-16-32)12-19-34(24)27-6-2-25(3-7-27)21-35(50-37(56)29-8-4-26(22-47)5-9-29)39(58)49-31-13-10-28(11-14-31)36-51-40(53-52-36)42(45,46)41(43,44)23-54;/h2-3,6-7,10-14,19-20,26,29,32-33,35,54-55H,4-5,8-9,15-18,21-23,47H2,1H3,(H,48,57)(H,49,58)(H,50,56)(H,51,52,53);1H/t26-,29-,32-,33-,35-;/m0./s1. The Morgan fingerprint density at radius 2 is 1.54 bits per heavy atom. The smallest absolute Gasteiger partial charge is 0.372 e. The Morgan fingerprint density at radius 3 is 2.15 bits per heavy atom. The molecule has 3 aromatic carbocycles. The average Bonchev–Trinajstić information content (AvgIpc) is 3.73. The van der Waals surface area contributed by atoms with E-state index in [1.807, 2.05) is 43.3 Å². The van der Waals surface area contributed by atoms with E-state index in [1.165, 1.54) is 24.3 Å². The number of halogens is 5. The van der Waals surface area contributed by atoms with Gasteiger partial charge in [-0.1, -0.05) is 30.3 Å². The van der Waals surface area contributed by atoms with Crippen molar-refractivity contribution < 1.29 is 42.2 Å². The first-order valence-corrected chi connectivity index (χ1v) is 19.6. The predicted octanol–water partition coefficient (Wildman–Crippen LogP) is 6.05. The number of aliphatic hydroxyl groups is 2. The van der Waals surface area contributed by atoms with Crippen molar-refractivity contribution in [3.8, 4) is 22.5 Å². The number of aromatic amines is 1. The Balaban J connectivity index is 0.00000661. The van der Waals surface area contributed by atoms with E-state index in [4.69, 9.17) is 10.8 Å². The summed E-state index contributed by atoms with van der Waals surface area (Å²) in [6, 6.07) is 18.0. The van der Waals surface area contributed by atoms with E-state index in [2.05, 4.69) is 31.1 Å². The van der Waals surface area contributed by atoms with Crippen molar-refractivity contribution in [3.05, 3.63) is 89.2 Å². The summed E-state index contributed by atoms with van der Waals surface area (Å²) in [6.45, 7) is 0.401. The fourth-order valence-corrected chi connectivity index (χ4v) is 7.57. The highest BCUT2D eigenvalue weighted by Gasteiger charge is 2.60. The molecule has 2 aliphatic rings. The van der Waals surface area contributed by atoms with Crippen LogP contribution in [0.1, 0.15) is 78.7 Å². The number of amides is 3. The van der Waals surface area contributed by atoms with Gasteiger partial charge in [-0.2, -0.15) is 22.7 Å². The Bertz CT molecular complexity index is 2050. The number of benzene rings is 3. The van der Waals surface area contributed by atoms with Crippen molar-refractivity contribution >= 4 is 35.8 Å². The zero-order valence-corrected chi connectivity index (χ0v) is 33.3. The number of alkyl halides is 4. The normalized spacial score (nSPS) is 20.2.